The molecule has 0 fully saturated rings. The van der Waals surface area contributed by atoms with Crippen molar-refractivity contribution < 1.29 is 39.5 Å². The van der Waals surface area contributed by atoms with Crippen LogP contribution in [0.1, 0.15) is 44.8 Å². The molecule has 0 radical (unpaired) electrons. The molecule has 0 amide bonds. The van der Waals surface area contributed by atoms with E-state index in [1.165, 1.54) is 14.2 Å². The number of carboxylic acids is 2. The summed E-state index contributed by atoms with van der Waals surface area (Å²) in [6, 6.07) is 0. The maximum absolute atomic E-state index is 12.0. The molecule has 2 atom stereocenters. The van der Waals surface area contributed by atoms with Gasteiger partial charge in [-0.25, -0.2) is 9.59 Å². The van der Waals surface area contributed by atoms with Crippen LogP contribution in [-0.4, -0.2) is 78.7 Å². The number of nitrogens with one attached hydrogen (secondary N) is 4. The maximum Gasteiger partial charge on any atom is 0.333 e. The molecule has 0 saturated heterocycles. The molecule has 4 rings (SSSR count). The number of carbonyl (C=O) groups is 2. The lowest BCUT2D eigenvalue weighted by molar-refractivity contribution is -0.149. The molecular formula is C35H38N4O8. The number of aliphatic carboxylic acids is 2. The minimum atomic E-state index is -1.16. The summed E-state index contributed by atoms with van der Waals surface area (Å²) in [6.45, 7) is 14.5. The third-order valence-electron chi connectivity index (χ3n) is 8.42. The van der Waals surface area contributed by atoms with E-state index in [2.05, 4.69) is 50.3 Å². The molecule has 246 valence electrons. The summed E-state index contributed by atoms with van der Waals surface area (Å²) in [4.78, 5) is 36.5. The number of aromatic nitrogens is 4. The molecule has 4 aromatic rings. The van der Waals surface area contributed by atoms with Crippen molar-refractivity contribution in [2.45, 2.75) is 52.7 Å². The third kappa shape index (κ3) is 6.68. The van der Waals surface area contributed by atoms with Crippen LogP contribution in [0.3, 0.4) is 0 Å². The predicted molar refractivity (Wildman–Crippen MR) is 175 cm³/mol. The molecule has 0 aromatic carbocycles. The Hall–Kier alpha value is -5.60. The number of methoxy groups -OCH3 is 2. The van der Waals surface area contributed by atoms with Gasteiger partial charge in [0, 0.05) is 60.1 Å². The van der Waals surface area contributed by atoms with Gasteiger partial charge in [0.05, 0.1) is 15.9 Å². The summed E-state index contributed by atoms with van der Waals surface area (Å²) >= 11 is 0. The van der Waals surface area contributed by atoms with Crippen molar-refractivity contribution >= 4 is 41.3 Å². The molecule has 0 spiro atoms. The van der Waals surface area contributed by atoms with Gasteiger partial charge in [0.25, 0.3) is 0 Å². The molecule has 8 N–H and O–H groups in total. The van der Waals surface area contributed by atoms with E-state index in [1.54, 1.807) is 26.0 Å². The van der Waals surface area contributed by atoms with Crippen LogP contribution < -0.4 is 31.8 Å². The van der Waals surface area contributed by atoms with Crippen molar-refractivity contribution in [2.75, 3.05) is 14.2 Å². The predicted octanol–water partition coefficient (Wildman–Crippen LogP) is -0.532. The topological polar surface area (TPSA) is 197 Å². The number of H-pyrrole nitrogens is 4. The SMILES string of the molecule is C=C=c1c(C)c(O)[nH]c1=C=c1[nH]c(=Cc2[nH]c(C=c3[nH]c(O)c(C)c3=C=C)c(C)c2CC(OC)C(=O)O)c(CC(OC)C(=O)O)c1C. The Morgan fingerprint density at radius 1 is 0.702 bits per heavy atom. The van der Waals surface area contributed by atoms with Crippen LogP contribution in [0.15, 0.2) is 13.2 Å². The Bertz CT molecular complexity index is 2320. The Kier molecular flexibility index (Phi) is 10.1. The second-order valence-corrected chi connectivity index (χ2v) is 11.1. The summed E-state index contributed by atoms with van der Waals surface area (Å²) < 4.78 is 10.5. The number of rotatable bonds is 10. The van der Waals surface area contributed by atoms with Crippen molar-refractivity contribution in [1.29, 1.82) is 0 Å². The second-order valence-electron chi connectivity index (χ2n) is 11.1. The highest BCUT2D eigenvalue weighted by atomic mass is 16.5. The van der Waals surface area contributed by atoms with Crippen LogP contribution in [0.5, 0.6) is 11.8 Å². The van der Waals surface area contributed by atoms with Gasteiger partial charge in [-0.2, -0.15) is 0 Å². The lowest BCUT2D eigenvalue weighted by Gasteiger charge is -2.11. The van der Waals surface area contributed by atoms with E-state index in [4.69, 9.17) is 9.47 Å². The first-order valence-electron chi connectivity index (χ1n) is 14.6. The molecule has 0 aliphatic carbocycles. The van der Waals surface area contributed by atoms with Crippen molar-refractivity contribution in [2.24, 2.45) is 0 Å². The molecule has 47 heavy (non-hydrogen) atoms. The number of carboxylic acid groups (broad SMARTS) is 2. The summed E-state index contributed by atoms with van der Waals surface area (Å²) in [7, 11) is 2.64. The highest BCUT2D eigenvalue weighted by Crippen LogP contribution is 2.23. The maximum atomic E-state index is 12.0. The van der Waals surface area contributed by atoms with Crippen molar-refractivity contribution in [3.8, 4) is 11.8 Å². The summed E-state index contributed by atoms with van der Waals surface area (Å²) in [5, 5.41) is 43.3. The number of aromatic amines is 4. The molecular weight excluding hydrogens is 604 g/mol. The van der Waals surface area contributed by atoms with Crippen molar-refractivity contribution in [3.05, 3.63) is 89.8 Å². The first-order chi connectivity index (χ1) is 22.3. The van der Waals surface area contributed by atoms with Crippen LogP contribution in [0, 0.1) is 27.7 Å². The average Bonchev–Trinajstić information content (AvgIpc) is 3.67. The van der Waals surface area contributed by atoms with Gasteiger partial charge in [-0.1, -0.05) is 18.9 Å². The third-order valence-corrected chi connectivity index (χ3v) is 8.42. The molecule has 12 nitrogen and oxygen atoms in total. The Morgan fingerprint density at radius 2 is 1.23 bits per heavy atom. The quantitative estimate of drug-likeness (QED) is 0.113. The van der Waals surface area contributed by atoms with Crippen LogP contribution in [0.25, 0.3) is 29.3 Å². The minimum Gasteiger partial charge on any atom is -0.494 e. The smallest absolute Gasteiger partial charge is 0.333 e. The van der Waals surface area contributed by atoms with Gasteiger partial charge in [-0.05, 0) is 62.1 Å². The van der Waals surface area contributed by atoms with E-state index in [0.717, 1.165) is 5.56 Å². The molecule has 2 unspecified atom stereocenters. The molecule has 0 saturated carbocycles. The molecule has 0 bridgehead atoms. The fourth-order valence-electron chi connectivity index (χ4n) is 5.54. The Morgan fingerprint density at radius 3 is 1.79 bits per heavy atom. The van der Waals surface area contributed by atoms with Gasteiger partial charge >= 0.3 is 11.9 Å². The standard InChI is InChI=1S/C35H38N4O8/c1-9-20-18(5)32(40)38-26(20)13-24-16(3)22(11-30(46-7)34(42)43)28(36-24)15-29-23(12-31(47-8)35(44)45)17(4)25(37-29)14-27-21(10-2)19(6)33(41)39-27/h13,15,30-31,36-41H,1-2,11-12H2,3-8H3,(H,42,43)(H,44,45). The molecule has 12 heteroatoms. The molecule has 0 aliphatic heterocycles. The molecule has 4 aromatic heterocycles. The van der Waals surface area contributed by atoms with E-state index in [0.29, 0.717) is 71.0 Å². The first-order valence-corrected chi connectivity index (χ1v) is 14.6. The fraction of sp³-hybridized carbons (Fsp3) is 0.286. The highest BCUT2D eigenvalue weighted by molar-refractivity contribution is 5.74. The van der Waals surface area contributed by atoms with Crippen LogP contribution in [0.2, 0.25) is 0 Å². The van der Waals surface area contributed by atoms with Crippen molar-refractivity contribution in [1.82, 2.24) is 19.9 Å². The summed E-state index contributed by atoms with van der Waals surface area (Å²) in [5.41, 5.74) is 13.8. The van der Waals surface area contributed by atoms with E-state index in [1.807, 2.05) is 13.8 Å². The second kappa shape index (κ2) is 13.8. The summed E-state index contributed by atoms with van der Waals surface area (Å²) in [5.74, 6) is -2.35. The van der Waals surface area contributed by atoms with E-state index >= 15 is 0 Å². The van der Waals surface area contributed by atoms with Gasteiger partial charge in [0.15, 0.2) is 24.0 Å². The van der Waals surface area contributed by atoms with Crippen molar-refractivity contribution in [3.63, 3.8) is 0 Å². The van der Waals surface area contributed by atoms with E-state index in [9.17, 15) is 30.0 Å². The number of hydrogen-bond donors (Lipinski definition) is 8. The van der Waals surface area contributed by atoms with E-state index in [-0.39, 0.29) is 24.6 Å². The minimum absolute atomic E-state index is 0.000507. The molecule has 4 heterocycles. The Labute approximate surface area is 269 Å². The lowest BCUT2D eigenvalue weighted by atomic mass is 10.0. The van der Waals surface area contributed by atoms with Crippen LogP contribution in [0.4, 0.5) is 0 Å². The zero-order chi connectivity index (χ0) is 34.7. The van der Waals surface area contributed by atoms with Gasteiger partial charge in [0.2, 0.25) is 0 Å². The van der Waals surface area contributed by atoms with Gasteiger partial charge < -0.3 is 49.8 Å². The van der Waals surface area contributed by atoms with E-state index < -0.39 is 24.1 Å². The first kappa shape index (κ1) is 34.3. The van der Waals surface area contributed by atoms with Gasteiger partial charge in [-0.3, -0.25) is 0 Å². The highest BCUT2D eigenvalue weighted by Gasteiger charge is 2.24. The van der Waals surface area contributed by atoms with Crippen LogP contribution >= 0.6 is 0 Å². The number of hydrogen-bond acceptors (Lipinski definition) is 6. The normalized spacial score (nSPS) is 13.3. The fourth-order valence-corrected chi connectivity index (χ4v) is 5.54. The largest absolute Gasteiger partial charge is 0.494 e. The van der Waals surface area contributed by atoms with Gasteiger partial charge in [0.1, 0.15) is 5.35 Å². The zero-order valence-electron chi connectivity index (χ0n) is 27.1. The summed E-state index contributed by atoms with van der Waals surface area (Å²) in [6.07, 6.45) is 1.24. The Balaban J connectivity index is 2.13. The monoisotopic (exact) mass is 642 g/mol. The van der Waals surface area contributed by atoms with Gasteiger partial charge in [-0.15, -0.1) is 11.5 Å². The number of aromatic hydroxyl groups is 2. The molecule has 0 aliphatic rings. The zero-order valence-corrected chi connectivity index (χ0v) is 27.1. The lowest BCUT2D eigenvalue weighted by Crippen LogP contribution is -2.27. The average molecular weight is 643 g/mol. The van der Waals surface area contributed by atoms with Crippen LogP contribution in [-0.2, 0) is 31.9 Å². The number of ether oxygens (including phenoxy) is 2.